The molecule has 1 amide bonds. The van der Waals surface area contributed by atoms with E-state index in [2.05, 4.69) is 27.7 Å². The lowest BCUT2D eigenvalue weighted by Crippen LogP contribution is -2.35. The maximum atomic E-state index is 12.4. The van der Waals surface area contributed by atoms with Gasteiger partial charge in [0.1, 0.15) is 6.04 Å². The van der Waals surface area contributed by atoms with Crippen LogP contribution in [-0.4, -0.2) is 41.1 Å². The number of amides is 1. The Morgan fingerprint density at radius 2 is 1.96 bits per heavy atom. The summed E-state index contributed by atoms with van der Waals surface area (Å²) >= 11 is 6.10. The first kappa shape index (κ1) is 19.7. The van der Waals surface area contributed by atoms with Crippen molar-refractivity contribution >= 4 is 28.9 Å². The Bertz CT molecular complexity index is 776. The topological polar surface area (TPSA) is 64.6 Å². The largest absolute Gasteiger partial charge is 0.393 e. The van der Waals surface area contributed by atoms with Crippen LogP contribution in [0.25, 0.3) is 0 Å². The number of carbonyl (C=O) groups is 1. The zero-order chi connectivity index (χ0) is 19.2. The Kier molecular flexibility index (Phi) is 6.72. The molecule has 0 saturated carbocycles. The van der Waals surface area contributed by atoms with Crippen molar-refractivity contribution in [1.29, 1.82) is 0 Å². The molecule has 2 aromatic carbocycles. The van der Waals surface area contributed by atoms with E-state index in [1.165, 1.54) is 5.56 Å². The van der Waals surface area contributed by atoms with Crippen molar-refractivity contribution < 1.29 is 9.90 Å². The molecule has 1 atom stereocenters. The Labute approximate surface area is 165 Å². The Balaban J connectivity index is 1.56. The maximum absolute atomic E-state index is 12.4. The van der Waals surface area contributed by atoms with Gasteiger partial charge in [0, 0.05) is 25.3 Å². The molecule has 1 aliphatic rings. The summed E-state index contributed by atoms with van der Waals surface area (Å²) in [6, 6.07) is 14.9. The van der Waals surface area contributed by atoms with Gasteiger partial charge in [-0.15, -0.1) is 0 Å². The summed E-state index contributed by atoms with van der Waals surface area (Å²) in [5.74, 6) is -0.140. The van der Waals surface area contributed by atoms with E-state index in [0.717, 1.165) is 38.2 Å². The molecule has 1 heterocycles. The number of para-hydroxylation sites is 1. The maximum Gasteiger partial charge on any atom is 0.246 e. The average molecular weight is 388 g/mol. The highest BCUT2D eigenvalue weighted by Gasteiger charge is 2.17. The number of rotatable bonds is 6. The van der Waals surface area contributed by atoms with Gasteiger partial charge in [-0.25, -0.2) is 0 Å². The first-order chi connectivity index (χ1) is 13.0. The SMILES string of the molecule is C[C@@H](Nc1cccc(CN2CCC(O)CC2)c1)C(=O)Nc1ccccc1Cl. The average Bonchev–Trinajstić information content (AvgIpc) is 2.66. The minimum Gasteiger partial charge on any atom is -0.393 e. The molecule has 0 aromatic heterocycles. The summed E-state index contributed by atoms with van der Waals surface area (Å²) in [6.07, 6.45) is 1.50. The van der Waals surface area contributed by atoms with Crippen molar-refractivity contribution in [3.63, 3.8) is 0 Å². The standard InChI is InChI=1S/C21H26ClN3O2/c1-15(21(27)24-20-8-3-2-7-19(20)22)23-17-6-4-5-16(13-17)14-25-11-9-18(26)10-12-25/h2-8,13,15,18,23,26H,9-12,14H2,1H3,(H,24,27)/t15-/m1/s1. The van der Waals surface area contributed by atoms with Crippen LogP contribution < -0.4 is 10.6 Å². The lowest BCUT2D eigenvalue weighted by molar-refractivity contribution is -0.116. The molecule has 144 valence electrons. The zero-order valence-corrected chi connectivity index (χ0v) is 16.2. The number of nitrogens with zero attached hydrogens (tertiary/aromatic N) is 1. The summed E-state index contributed by atoms with van der Waals surface area (Å²) in [4.78, 5) is 14.8. The van der Waals surface area contributed by atoms with E-state index in [9.17, 15) is 9.90 Å². The van der Waals surface area contributed by atoms with Crippen LogP contribution >= 0.6 is 11.6 Å². The summed E-state index contributed by atoms with van der Waals surface area (Å²) < 4.78 is 0. The summed E-state index contributed by atoms with van der Waals surface area (Å²) in [5, 5.41) is 16.3. The van der Waals surface area contributed by atoms with E-state index in [1.54, 1.807) is 12.1 Å². The van der Waals surface area contributed by atoms with Crippen molar-refractivity contribution in [2.75, 3.05) is 23.7 Å². The molecule has 0 radical (unpaired) electrons. The fourth-order valence-electron chi connectivity index (χ4n) is 3.21. The molecule has 6 heteroatoms. The van der Waals surface area contributed by atoms with Crippen LogP contribution in [0.15, 0.2) is 48.5 Å². The highest BCUT2D eigenvalue weighted by molar-refractivity contribution is 6.33. The van der Waals surface area contributed by atoms with Gasteiger partial charge in [-0.3, -0.25) is 9.69 Å². The second-order valence-electron chi connectivity index (χ2n) is 7.04. The second kappa shape index (κ2) is 9.22. The van der Waals surface area contributed by atoms with E-state index in [1.807, 2.05) is 31.2 Å². The summed E-state index contributed by atoms with van der Waals surface area (Å²) in [5.41, 5.74) is 2.71. The molecule has 0 unspecified atom stereocenters. The lowest BCUT2D eigenvalue weighted by Gasteiger charge is -2.29. The minimum absolute atomic E-state index is 0.140. The third kappa shape index (κ3) is 5.70. The normalized spacial score (nSPS) is 16.7. The summed E-state index contributed by atoms with van der Waals surface area (Å²) in [7, 11) is 0. The first-order valence-corrected chi connectivity index (χ1v) is 9.70. The molecular formula is C21H26ClN3O2. The highest BCUT2D eigenvalue weighted by Crippen LogP contribution is 2.21. The predicted octanol–water partition coefficient (Wildman–Crippen LogP) is 3.74. The van der Waals surface area contributed by atoms with E-state index < -0.39 is 6.04 Å². The van der Waals surface area contributed by atoms with Crippen molar-refractivity contribution in [3.8, 4) is 0 Å². The monoisotopic (exact) mass is 387 g/mol. The molecule has 0 bridgehead atoms. The third-order valence-electron chi connectivity index (χ3n) is 4.80. The van der Waals surface area contributed by atoms with Crippen LogP contribution in [0.5, 0.6) is 0 Å². The molecule has 2 aromatic rings. The van der Waals surface area contributed by atoms with Crippen LogP contribution in [0.4, 0.5) is 11.4 Å². The van der Waals surface area contributed by atoms with Crippen LogP contribution in [0.1, 0.15) is 25.3 Å². The van der Waals surface area contributed by atoms with E-state index >= 15 is 0 Å². The van der Waals surface area contributed by atoms with Crippen LogP contribution in [0.3, 0.4) is 0 Å². The number of nitrogens with one attached hydrogen (secondary N) is 2. The van der Waals surface area contributed by atoms with Gasteiger partial charge in [0.05, 0.1) is 16.8 Å². The van der Waals surface area contributed by atoms with E-state index in [-0.39, 0.29) is 12.0 Å². The van der Waals surface area contributed by atoms with Gasteiger partial charge in [0.25, 0.3) is 0 Å². The van der Waals surface area contributed by atoms with Crippen LogP contribution in [-0.2, 0) is 11.3 Å². The Morgan fingerprint density at radius 1 is 1.22 bits per heavy atom. The molecule has 3 rings (SSSR count). The molecule has 0 spiro atoms. The van der Waals surface area contributed by atoms with Gasteiger partial charge in [-0.1, -0.05) is 35.9 Å². The minimum atomic E-state index is -0.401. The molecule has 27 heavy (non-hydrogen) atoms. The third-order valence-corrected chi connectivity index (χ3v) is 5.13. The van der Waals surface area contributed by atoms with Gasteiger partial charge in [0.2, 0.25) is 5.91 Å². The zero-order valence-electron chi connectivity index (χ0n) is 15.5. The van der Waals surface area contributed by atoms with Gasteiger partial charge in [-0.2, -0.15) is 0 Å². The molecule has 1 saturated heterocycles. The fraction of sp³-hybridized carbons (Fsp3) is 0.381. The van der Waals surface area contributed by atoms with E-state index in [4.69, 9.17) is 11.6 Å². The lowest BCUT2D eigenvalue weighted by atomic mass is 10.1. The van der Waals surface area contributed by atoms with Crippen molar-refractivity contribution in [2.24, 2.45) is 0 Å². The molecule has 1 aliphatic heterocycles. The van der Waals surface area contributed by atoms with Gasteiger partial charge >= 0.3 is 0 Å². The number of piperidine rings is 1. The summed E-state index contributed by atoms with van der Waals surface area (Å²) in [6.45, 7) is 4.50. The van der Waals surface area contributed by atoms with Crippen molar-refractivity contribution in [2.45, 2.75) is 38.5 Å². The highest BCUT2D eigenvalue weighted by atomic mass is 35.5. The number of hydrogen-bond donors (Lipinski definition) is 3. The fourth-order valence-corrected chi connectivity index (χ4v) is 3.40. The van der Waals surface area contributed by atoms with Crippen LogP contribution in [0.2, 0.25) is 5.02 Å². The Morgan fingerprint density at radius 3 is 2.70 bits per heavy atom. The molecule has 3 N–H and O–H groups in total. The number of anilines is 2. The number of aliphatic hydroxyl groups excluding tert-OH is 1. The predicted molar refractivity (Wildman–Crippen MR) is 110 cm³/mol. The smallest absolute Gasteiger partial charge is 0.246 e. The van der Waals surface area contributed by atoms with E-state index in [0.29, 0.717) is 10.7 Å². The van der Waals surface area contributed by atoms with Crippen molar-refractivity contribution in [3.05, 3.63) is 59.1 Å². The number of hydrogen-bond acceptors (Lipinski definition) is 4. The molecule has 0 aliphatic carbocycles. The number of likely N-dealkylation sites (tertiary alicyclic amines) is 1. The second-order valence-corrected chi connectivity index (χ2v) is 7.45. The molecular weight excluding hydrogens is 362 g/mol. The quantitative estimate of drug-likeness (QED) is 0.706. The first-order valence-electron chi connectivity index (χ1n) is 9.32. The Hall–Kier alpha value is -2.08. The van der Waals surface area contributed by atoms with Gasteiger partial charge in [-0.05, 0) is 49.6 Å². The van der Waals surface area contributed by atoms with Gasteiger partial charge < -0.3 is 15.7 Å². The van der Waals surface area contributed by atoms with Gasteiger partial charge in [0.15, 0.2) is 0 Å². The number of benzene rings is 2. The van der Waals surface area contributed by atoms with Crippen molar-refractivity contribution in [1.82, 2.24) is 4.90 Å². The van der Waals surface area contributed by atoms with Crippen LogP contribution in [0, 0.1) is 0 Å². The molecule has 1 fully saturated rings. The number of halogens is 1. The number of carbonyl (C=O) groups excluding carboxylic acids is 1. The number of aliphatic hydroxyl groups is 1. The molecule has 5 nitrogen and oxygen atoms in total.